The van der Waals surface area contributed by atoms with Crippen molar-refractivity contribution in [3.8, 4) is 0 Å². The van der Waals surface area contributed by atoms with Crippen molar-refractivity contribution in [1.29, 1.82) is 0 Å². The summed E-state index contributed by atoms with van der Waals surface area (Å²) in [6.45, 7) is 0.406. The van der Waals surface area contributed by atoms with Gasteiger partial charge in [0.25, 0.3) is 5.91 Å². The third kappa shape index (κ3) is 2.11. The second-order valence-corrected chi connectivity index (χ2v) is 2.39. The molecular weight excluding hydrogens is 160 g/mol. The number of hydroxylamine groups is 1. The van der Waals surface area contributed by atoms with E-state index in [-0.39, 0.29) is 0 Å². The van der Waals surface area contributed by atoms with Crippen molar-refractivity contribution in [1.82, 2.24) is 5.48 Å². The van der Waals surface area contributed by atoms with Gasteiger partial charge in [-0.3, -0.25) is 20.0 Å². The second kappa shape index (κ2) is 3.93. The number of carbonyl (C=O) groups excluding carboxylic acids is 1. The molecule has 1 aliphatic heterocycles. The maximum atomic E-state index is 10.7. The molecular formula is C6H10N4O2. The van der Waals surface area contributed by atoms with Crippen LogP contribution in [0.4, 0.5) is 0 Å². The minimum atomic E-state index is -0.765. The van der Waals surface area contributed by atoms with Crippen LogP contribution >= 0.6 is 0 Å². The van der Waals surface area contributed by atoms with E-state index in [0.717, 1.165) is 0 Å². The second-order valence-electron chi connectivity index (χ2n) is 2.39. The van der Waals surface area contributed by atoms with Crippen LogP contribution in [0.2, 0.25) is 0 Å². The third-order valence-corrected chi connectivity index (χ3v) is 1.47. The Balaban J connectivity index is 2.40. The van der Waals surface area contributed by atoms with Gasteiger partial charge in [0.2, 0.25) is 0 Å². The molecule has 0 aromatic rings. The van der Waals surface area contributed by atoms with E-state index in [4.69, 9.17) is 10.9 Å². The zero-order valence-corrected chi connectivity index (χ0v) is 6.40. The molecule has 0 saturated carbocycles. The van der Waals surface area contributed by atoms with E-state index in [0.29, 0.717) is 18.8 Å². The Hall–Kier alpha value is -1.27. The minimum Gasteiger partial charge on any atom is -0.320 e. The summed E-state index contributed by atoms with van der Waals surface area (Å²) in [5.74, 6) is -0.613. The van der Waals surface area contributed by atoms with Crippen LogP contribution in [0.5, 0.6) is 0 Å². The normalized spacial score (nSPS) is 17.3. The fourth-order valence-electron chi connectivity index (χ4n) is 0.837. The summed E-state index contributed by atoms with van der Waals surface area (Å²) in [5.41, 5.74) is 7.55. The fraction of sp³-hybridized carbons (Fsp3) is 0.500. The van der Waals surface area contributed by atoms with Gasteiger partial charge in [-0.15, -0.1) is 0 Å². The van der Waals surface area contributed by atoms with Crippen LogP contribution < -0.4 is 11.2 Å². The first-order valence-electron chi connectivity index (χ1n) is 3.46. The van der Waals surface area contributed by atoms with Gasteiger partial charge in [0, 0.05) is 12.6 Å². The quantitative estimate of drug-likeness (QED) is 0.362. The molecule has 0 bridgehead atoms. The van der Waals surface area contributed by atoms with Gasteiger partial charge < -0.3 is 5.73 Å². The van der Waals surface area contributed by atoms with Gasteiger partial charge in [-0.2, -0.15) is 0 Å². The Morgan fingerprint density at radius 3 is 3.17 bits per heavy atom. The Morgan fingerprint density at radius 2 is 2.67 bits per heavy atom. The molecule has 0 unspecified atom stereocenters. The predicted molar refractivity (Wildman–Crippen MR) is 43.3 cm³/mol. The van der Waals surface area contributed by atoms with E-state index in [1.54, 1.807) is 6.21 Å². The van der Waals surface area contributed by atoms with Crippen molar-refractivity contribution in [2.75, 3.05) is 6.67 Å². The topological polar surface area (TPSA) is 100 Å². The first-order chi connectivity index (χ1) is 5.74. The molecule has 12 heavy (non-hydrogen) atoms. The summed E-state index contributed by atoms with van der Waals surface area (Å²) >= 11 is 0. The van der Waals surface area contributed by atoms with Gasteiger partial charge >= 0.3 is 0 Å². The first kappa shape index (κ1) is 8.82. The van der Waals surface area contributed by atoms with E-state index in [1.807, 2.05) is 0 Å². The number of aliphatic imine (C=N–C) groups is 2. The maximum Gasteiger partial charge on any atom is 0.260 e. The summed E-state index contributed by atoms with van der Waals surface area (Å²) in [6, 6.07) is -0.765. The molecule has 6 nitrogen and oxygen atoms in total. The number of amides is 1. The van der Waals surface area contributed by atoms with Crippen LogP contribution in [0, 0.1) is 0 Å². The van der Waals surface area contributed by atoms with Crippen molar-refractivity contribution in [3.05, 3.63) is 0 Å². The molecule has 0 saturated heterocycles. The number of rotatable bonds is 3. The van der Waals surface area contributed by atoms with Crippen molar-refractivity contribution < 1.29 is 10.0 Å². The molecule has 0 aliphatic carbocycles. The zero-order valence-electron chi connectivity index (χ0n) is 6.40. The number of nitrogens with two attached hydrogens (primary N) is 1. The molecule has 4 N–H and O–H groups in total. The Labute approximate surface area is 69.1 Å². The van der Waals surface area contributed by atoms with Gasteiger partial charge in [-0.1, -0.05) is 0 Å². The number of nitrogens with zero attached hydrogens (tertiary/aromatic N) is 2. The first-order valence-corrected chi connectivity index (χ1v) is 3.46. The number of carbonyl (C=O) groups is 1. The molecule has 1 atom stereocenters. The molecule has 0 radical (unpaired) electrons. The summed E-state index contributed by atoms with van der Waals surface area (Å²) in [6.07, 6.45) is 1.88. The molecule has 1 aliphatic rings. The lowest BCUT2D eigenvalue weighted by Crippen LogP contribution is -2.40. The average Bonchev–Trinajstić information content (AvgIpc) is 2.55. The molecule has 1 amide bonds. The van der Waals surface area contributed by atoms with E-state index < -0.39 is 11.9 Å². The van der Waals surface area contributed by atoms with E-state index >= 15 is 0 Å². The highest BCUT2D eigenvalue weighted by atomic mass is 16.5. The van der Waals surface area contributed by atoms with Crippen LogP contribution in [0.1, 0.15) is 6.42 Å². The van der Waals surface area contributed by atoms with Crippen molar-refractivity contribution >= 4 is 17.8 Å². The van der Waals surface area contributed by atoms with Crippen molar-refractivity contribution in [2.45, 2.75) is 12.5 Å². The van der Waals surface area contributed by atoms with Crippen LogP contribution in [0.15, 0.2) is 9.98 Å². The van der Waals surface area contributed by atoms with Gasteiger partial charge in [0.1, 0.15) is 6.67 Å². The lowest BCUT2D eigenvalue weighted by Gasteiger charge is -2.06. The van der Waals surface area contributed by atoms with Crippen molar-refractivity contribution in [2.24, 2.45) is 15.7 Å². The molecule has 0 aromatic heterocycles. The van der Waals surface area contributed by atoms with Crippen molar-refractivity contribution in [3.63, 3.8) is 0 Å². The van der Waals surface area contributed by atoms with Crippen LogP contribution in [0.3, 0.4) is 0 Å². The Morgan fingerprint density at radius 1 is 1.92 bits per heavy atom. The Bertz CT molecular complexity index is 236. The predicted octanol–water partition coefficient (Wildman–Crippen LogP) is -1.31. The molecule has 6 heteroatoms. The number of nitrogens with one attached hydrogen (secondary N) is 1. The lowest BCUT2D eigenvalue weighted by atomic mass is 10.1. The molecule has 0 spiro atoms. The van der Waals surface area contributed by atoms with E-state index in [9.17, 15) is 4.79 Å². The SMILES string of the molecule is N[C@@H](CC1=NCN=C1)C(=O)NO. The Kier molecular flexibility index (Phi) is 2.89. The summed E-state index contributed by atoms with van der Waals surface area (Å²) in [4.78, 5) is 18.5. The largest absolute Gasteiger partial charge is 0.320 e. The number of hydrogen-bond donors (Lipinski definition) is 3. The smallest absolute Gasteiger partial charge is 0.260 e. The molecule has 0 aromatic carbocycles. The standard InChI is InChI=1S/C6H10N4O2/c7-5(6(11)10-12)1-4-2-8-3-9-4/h2,5,12H,1,3,7H2,(H,10,11)/t5-/m0/s1. The summed E-state index contributed by atoms with van der Waals surface area (Å²) < 4.78 is 0. The van der Waals surface area contributed by atoms with Gasteiger partial charge in [0.05, 0.1) is 11.8 Å². The van der Waals surface area contributed by atoms with E-state index in [1.165, 1.54) is 5.48 Å². The van der Waals surface area contributed by atoms with Gasteiger partial charge in [-0.05, 0) is 0 Å². The van der Waals surface area contributed by atoms with Crippen LogP contribution in [-0.2, 0) is 4.79 Å². The highest BCUT2D eigenvalue weighted by Crippen LogP contribution is 1.96. The average molecular weight is 170 g/mol. The maximum absolute atomic E-state index is 10.7. The number of hydrogen-bond acceptors (Lipinski definition) is 5. The van der Waals surface area contributed by atoms with Crippen LogP contribution in [-0.4, -0.2) is 35.8 Å². The summed E-state index contributed by atoms with van der Waals surface area (Å²) in [7, 11) is 0. The van der Waals surface area contributed by atoms with Gasteiger partial charge in [0.15, 0.2) is 0 Å². The molecule has 66 valence electrons. The van der Waals surface area contributed by atoms with Gasteiger partial charge in [-0.25, -0.2) is 5.48 Å². The minimum absolute atomic E-state index is 0.301. The highest BCUT2D eigenvalue weighted by Gasteiger charge is 2.15. The fourth-order valence-corrected chi connectivity index (χ4v) is 0.837. The third-order valence-electron chi connectivity index (χ3n) is 1.47. The molecule has 1 heterocycles. The van der Waals surface area contributed by atoms with Crippen LogP contribution in [0.25, 0.3) is 0 Å². The summed E-state index contributed by atoms with van der Waals surface area (Å²) in [5, 5.41) is 8.23. The lowest BCUT2D eigenvalue weighted by molar-refractivity contribution is -0.130. The molecule has 1 rings (SSSR count). The molecule has 0 fully saturated rings. The monoisotopic (exact) mass is 170 g/mol. The van der Waals surface area contributed by atoms with E-state index in [2.05, 4.69) is 9.98 Å². The zero-order chi connectivity index (χ0) is 8.97. The highest BCUT2D eigenvalue weighted by molar-refractivity contribution is 6.32.